The highest BCUT2D eigenvalue weighted by Gasteiger charge is 2.19. The van der Waals surface area contributed by atoms with Crippen LogP contribution in [-0.2, 0) is 6.54 Å². The fourth-order valence-electron chi connectivity index (χ4n) is 3.63. The van der Waals surface area contributed by atoms with Gasteiger partial charge in [-0.15, -0.1) is 0 Å². The Labute approximate surface area is 184 Å². The smallest absolute Gasteiger partial charge is 0.267 e. The van der Waals surface area contributed by atoms with Crippen LogP contribution in [0.5, 0.6) is 0 Å². The van der Waals surface area contributed by atoms with Crippen LogP contribution in [0.2, 0.25) is 0 Å². The van der Waals surface area contributed by atoms with E-state index in [1.807, 2.05) is 25.1 Å². The van der Waals surface area contributed by atoms with Crippen LogP contribution in [-0.4, -0.2) is 26.6 Å². The highest BCUT2D eigenvalue weighted by atomic mass is 16.2. The van der Waals surface area contributed by atoms with Crippen molar-refractivity contribution in [2.24, 2.45) is 5.73 Å². The molecule has 0 aliphatic rings. The molecule has 0 saturated carbocycles. The molecule has 0 fully saturated rings. The number of benzene rings is 2. The van der Waals surface area contributed by atoms with E-state index < -0.39 is 11.8 Å². The van der Waals surface area contributed by atoms with Crippen LogP contribution in [0.4, 0.5) is 5.69 Å². The monoisotopic (exact) mass is 424 g/mol. The number of fused-ring (bicyclic) bond motifs is 1. The molecule has 3 N–H and O–H groups in total. The number of nitriles is 1. The van der Waals surface area contributed by atoms with Crippen molar-refractivity contribution in [2.75, 3.05) is 5.32 Å². The first kappa shape index (κ1) is 20.8. The summed E-state index contributed by atoms with van der Waals surface area (Å²) in [6.45, 7) is 4.05. The van der Waals surface area contributed by atoms with E-state index in [-0.39, 0.29) is 5.69 Å². The highest BCUT2D eigenvalue weighted by molar-refractivity contribution is 6.14. The molecular weight excluding hydrogens is 404 g/mol. The second-order valence-corrected chi connectivity index (χ2v) is 7.36. The van der Waals surface area contributed by atoms with Gasteiger partial charge in [-0.25, -0.2) is 4.98 Å². The Morgan fingerprint density at radius 2 is 1.84 bits per heavy atom. The van der Waals surface area contributed by atoms with E-state index in [1.165, 1.54) is 6.07 Å². The zero-order chi connectivity index (χ0) is 22.8. The number of anilines is 1. The number of nitrogens with zero attached hydrogens (tertiary/aromatic N) is 4. The zero-order valence-corrected chi connectivity index (χ0v) is 17.6. The predicted octanol–water partition coefficient (Wildman–Crippen LogP) is 3.32. The van der Waals surface area contributed by atoms with E-state index in [4.69, 9.17) is 5.73 Å². The van der Waals surface area contributed by atoms with Gasteiger partial charge in [0.1, 0.15) is 5.69 Å². The summed E-state index contributed by atoms with van der Waals surface area (Å²) in [6.07, 6.45) is 0. The van der Waals surface area contributed by atoms with Crippen molar-refractivity contribution in [1.82, 2.24) is 14.8 Å². The number of carbonyl (C=O) groups is 2. The number of primary amides is 1. The molecule has 158 valence electrons. The third-order valence-corrected chi connectivity index (χ3v) is 5.29. The number of hydrogen-bond acceptors (Lipinski definition) is 5. The number of carbonyl (C=O) groups excluding carboxylic acids is 2. The van der Waals surface area contributed by atoms with Crippen molar-refractivity contribution in [1.29, 1.82) is 5.26 Å². The van der Waals surface area contributed by atoms with E-state index in [0.29, 0.717) is 40.0 Å². The Balaban J connectivity index is 1.69. The molecule has 2 amide bonds. The van der Waals surface area contributed by atoms with Crippen LogP contribution >= 0.6 is 0 Å². The molecule has 2 aromatic heterocycles. The quantitative estimate of drug-likeness (QED) is 0.508. The minimum absolute atomic E-state index is 0.0195. The van der Waals surface area contributed by atoms with Crippen molar-refractivity contribution in [3.8, 4) is 6.07 Å². The topological polar surface area (TPSA) is 127 Å². The summed E-state index contributed by atoms with van der Waals surface area (Å²) in [5, 5.41) is 17.4. The normalized spacial score (nSPS) is 10.7. The van der Waals surface area contributed by atoms with E-state index in [9.17, 15) is 14.9 Å². The van der Waals surface area contributed by atoms with Crippen molar-refractivity contribution < 1.29 is 9.59 Å². The van der Waals surface area contributed by atoms with E-state index in [0.717, 1.165) is 11.3 Å². The van der Waals surface area contributed by atoms with Crippen LogP contribution in [0.25, 0.3) is 10.9 Å². The number of nitrogens with two attached hydrogens (primary N) is 1. The van der Waals surface area contributed by atoms with Gasteiger partial charge in [0.15, 0.2) is 0 Å². The lowest BCUT2D eigenvalue weighted by Gasteiger charge is -2.10. The third-order valence-electron chi connectivity index (χ3n) is 5.29. The summed E-state index contributed by atoms with van der Waals surface area (Å²) in [7, 11) is 0. The van der Waals surface area contributed by atoms with Gasteiger partial charge in [-0.05, 0) is 37.6 Å². The maximum Gasteiger partial charge on any atom is 0.267 e. The number of amides is 2. The number of aromatic nitrogens is 3. The molecule has 8 heteroatoms. The molecule has 0 saturated heterocycles. The Hall–Kier alpha value is -4.51. The average molecular weight is 424 g/mol. The first-order valence-corrected chi connectivity index (χ1v) is 9.92. The van der Waals surface area contributed by atoms with E-state index in [2.05, 4.69) is 21.5 Å². The standard InChI is InChI=1S/C24H20N6O2/c1-14-22(15(2)30(29-14)13-17-8-4-3-7-16(17)12-25)28-24(32)19-11-21(23(26)31)27-20-10-6-5-9-18(19)20/h3-11H,13H2,1-2H3,(H2,26,31)(H,28,32). The zero-order valence-electron chi connectivity index (χ0n) is 17.6. The Kier molecular flexibility index (Phi) is 5.39. The van der Waals surface area contributed by atoms with Crippen LogP contribution in [0.15, 0.2) is 54.6 Å². The fraction of sp³-hybridized carbons (Fsp3) is 0.125. The molecule has 2 heterocycles. The molecule has 0 unspecified atom stereocenters. The van der Waals surface area contributed by atoms with Crippen LogP contribution in [0.3, 0.4) is 0 Å². The molecule has 0 aliphatic heterocycles. The number of aryl methyl sites for hydroxylation is 1. The molecule has 0 spiro atoms. The van der Waals surface area contributed by atoms with E-state index >= 15 is 0 Å². The fourth-order valence-corrected chi connectivity index (χ4v) is 3.63. The third kappa shape index (κ3) is 3.79. The predicted molar refractivity (Wildman–Crippen MR) is 120 cm³/mol. The van der Waals surface area contributed by atoms with Gasteiger partial charge in [0.25, 0.3) is 11.8 Å². The van der Waals surface area contributed by atoms with Crippen LogP contribution < -0.4 is 11.1 Å². The molecular formula is C24H20N6O2. The van der Waals surface area contributed by atoms with Gasteiger partial charge in [-0.3, -0.25) is 14.3 Å². The van der Waals surface area contributed by atoms with Gasteiger partial charge in [-0.2, -0.15) is 10.4 Å². The lowest BCUT2D eigenvalue weighted by atomic mass is 10.1. The molecule has 2 aromatic carbocycles. The minimum atomic E-state index is -0.707. The van der Waals surface area contributed by atoms with E-state index in [1.54, 1.807) is 41.9 Å². The largest absolute Gasteiger partial charge is 0.364 e. The van der Waals surface area contributed by atoms with Crippen LogP contribution in [0, 0.1) is 25.2 Å². The maximum absolute atomic E-state index is 13.2. The number of para-hydroxylation sites is 1. The second-order valence-electron chi connectivity index (χ2n) is 7.36. The molecule has 0 atom stereocenters. The van der Waals surface area contributed by atoms with Gasteiger partial charge in [0, 0.05) is 5.39 Å². The molecule has 0 aliphatic carbocycles. The molecule has 8 nitrogen and oxygen atoms in total. The van der Waals surface area contributed by atoms with Gasteiger partial charge in [-0.1, -0.05) is 36.4 Å². The lowest BCUT2D eigenvalue weighted by Crippen LogP contribution is -2.18. The molecule has 4 rings (SSSR count). The van der Waals surface area contributed by atoms with Gasteiger partial charge in [0.05, 0.1) is 46.3 Å². The second kappa shape index (κ2) is 8.32. The summed E-state index contributed by atoms with van der Waals surface area (Å²) in [5.41, 5.74) is 9.60. The number of nitrogens with one attached hydrogen (secondary N) is 1. The van der Waals surface area contributed by atoms with Crippen LogP contribution in [0.1, 0.15) is 43.4 Å². The Morgan fingerprint density at radius 3 is 2.59 bits per heavy atom. The van der Waals surface area contributed by atoms with Crippen molar-refractivity contribution in [2.45, 2.75) is 20.4 Å². The Bertz CT molecular complexity index is 1410. The molecule has 32 heavy (non-hydrogen) atoms. The molecule has 0 bridgehead atoms. The SMILES string of the molecule is Cc1nn(Cc2ccccc2C#N)c(C)c1NC(=O)c1cc(C(N)=O)nc2ccccc12. The average Bonchev–Trinajstić information content (AvgIpc) is 3.05. The Morgan fingerprint density at radius 1 is 1.12 bits per heavy atom. The van der Waals surface area contributed by atoms with Gasteiger partial charge < -0.3 is 11.1 Å². The lowest BCUT2D eigenvalue weighted by molar-refractivity contribution is 0.0996. The first-order valence-electron chi connectivity index (χ1n) is 9.92. The van der Waals surface area contributed by atoms with Crippen molar-refractivity contribution in [3.05, 3.63) is 88.4 Å². The number of pyridine rings is 1. The minimum Gasteiger partial charge on any atom is -0.364 e. The summed E-state index contributed by atoms with van der Waals surface area (Å²) < 4.78 is 1.75. The summed E-state index contributed by atoms with van der Waals surface area (Å²) in [5.74, 6) is -1.10. The summed E-state index contributed by atoms with van der Waals surface area (Å²) >= 11 is 0. The molecule has 4 aromatic rings. The molecule has 0 radical (unpaired) electrons. The van der Waals surface area contributed by atoms with Gasteiger partial charge in [0.2, 0.25) is 0 Å². The first-order chi connectivity index (χ1) is 15.4. The highest BCUT2D eigenvalue weighted by Crippen LogP contribution is 2.24. The maximum atomic E-state index is 13.2. The summed E-state index contributed by atoms with van der Waals surface area (Å²) in [4.78, 5) is 29.1. The number of rotatable bonds is 5. The number of hydrogen-bond donors (Lipinski definition) is 2. The summed E-state index contributed by atoms with van der Waals surface area (Å²) in [6, 6.07) is 18.0. The van der Waals surface area contributed by atoms with Crippen molar-refractivity contribution >= 4 is 28.4 Å². The van der Waals surface area contributed by atoms with Gasteiger partial charge >= 0.3 is 0 Å². The van der Waals surface area contributed by atoms with Crippen molar-refractivity contribution in [3.63, 3.8) is 0 Å².